The summed E-state index contributed by atoms with van der Waals surface area (Å²) in [4.78, 5) is 1.19. The summed E-state index contributed by atoms with van der Waals surface area (Å²) in [5.74, 6) is 1.09. The Bertz CT molecular complexity index is 301. The van der Waals surface area contributed by atoms with Crippen LogP contribution in [-0.4, -0.2) is 11.8 Å². The van der Waals surface area contributed by atoms with Gasteiger partial charge in [-0.05, 0) is 19.1 Å². The minimum absolute atomic E-state index is 0.543. The van der Waals surface area contributed by atoms with E-state index in [9.17, 15) is 0 Å². The average molecular weight is 200 g/mol. The van der Waals surface area contributed by atoms with Crippen LogP contribution in [-0.2, 0) is 0 Å². The summed E-state index contributed by atoms with van der Waals surface area (Å²) >= 11 is 7.86. The zero-order valence-corrected chi connectivity index (χ0v) is 8.38. The minimum Gasteiger partial charge on any atom is -0.381 e. The number of halogens is 1. The second kappa shape index (κ2) is 3.19. The molecule has 0 radical (unpaired) electrons. The van der Waals surface area contributed by atoms with Gasteiger partial charge in [-0.25, -0.2) is 0 Å². The van der Waals surface area contributed by atoms with Crippen LogP contribution in [0.4, 0.5) is 5.69 Å². The molecule has 0 saturated heterocycles. The van der Waals surface area contributed by atoms with E-state index in [0.717, 1.165) is 10.8 Å². The molecule has 0 aromatic heterocycles. The van der Waals surface area contributed by atoms with Gasteiger partial charge in [0.2, 0.25) is 0 Å². The van der Waals surface area contributed by atoms with Gasteiger partial charge in [-0.2, -0.15) is 0 Å². The highest BCUT2D eigenvalue weighted by atomic mass is 35.5. The molecule has 0 amide bonds. The summed E-state index contributed by atoms with van der Waals surface area (Å²) in [5, 5.41) is 4.25. The van der Waals surface area contributed by atoms with Crippen molar-refractivity contribution < 1.29 is 0 Å². The maximum Gasteiger partial charge on any atom is 0.0562 e. The summed E-state index contributed by atoms with van der Waals surface area (Å²) in [6.45, 7) is 2.18. The Morgan fingerprint density at radius 3 is 3.25 bits per heavy atom. The molecule has 1 N–H and O–H groups in total. The van der Waals surface area contributed by atoms with Gasteiger partial charge < -0.3 is 5.32 Å². The second-order valence-corrected chi connectivity index (χ2v) is 4.41. The van der Waals surface area contributed by atoms with Crippen LogP contribution >= 0.6 is 23.4 Å². The van der Waals surface area contributed by atoms with E-state index < -0.39 is 0 Å². The highest BCUT2D eigenvalue weighted by Gasteiger charge is 2.15. The maximum absolute atomic E-state index is 6.03. The van der Waals surface area contributed by atoms with Crippen molar-refractivity contribution in [2.75, 3.05) is 11.1 Å². The highest BCUT2D eigenvalue weighted by molar-refractivity contribution is 7.99. The summed E-state index contributed by atoms with van der Waals surface area (Å²) in [5.41, 5.74) is 1.17. The van der Waals surface area contributed by atoms with E-state index in [1.54, 1.807) is 0 Å². The second-order valence-electron chi connectivity index (χ2n) is 2.97. The summed E-state index contributed by atoms with van der Waals surface area (Å²) < 4.78 is 0. The molecule has 1 aliphatic rings. The number of fused-ring (bicyclic) bond motifs is 1. The van der Waals surface area contributed by atoms with Gasteiger partial charge >= 0.3 is 0 Å². The lowest BCUT2D eigenvalue weighted by atomic mass is 10.3. The average Bonchev–Trinajstić information content (AvgIpc) is 2.04. The Labute approximate surface area is 81.5 Å². The summed E-state index contributed by atoms with van der Waals surface area (Å²) in [6.07, 6.45) is 0. The molecule has 1 atom stereocenters. The van der Waals surface area contributed by atoms with Gasteiger partial charge in [0.25, 0.3) is 0 Å². The first-order valence-electron chi connectivity index (χ1n) is 3.95. The summed E-state index contributed by atoms with van der Waals surface area (Å²) in [7, 11) is 0. The molecule has 1 unspecified atom stereocenters. The predicted molar refractivity (Wildman–Crippen MR) is 55.3 cm³/mol. The molecule has 2 rings (SSSR count). The van der Waals surface area contributed by atoms with E-state index >= 15 is 0 Å². The first-order chi connectivity index (χ1) is 5.77. The van der Waals surface area contributed by atoms with Gasteiger partial charge in [-0.1, -0.05) is 17.7 Å². The molecule has 12 heavy (non-hydrogen) atoms. The maximum atomic E-state index is 6.03. The van der Waals surface area contributed by atoms with Gasteiger partial charge in [-0.15, -0.1) is 11.8 Å². The van der Waals surface area contributed by atoms with Gasteiger partial charge in [0.15, 0.2) is 0 Å². The van der Waals surface area contributed by atoms with Crippen LogP contribution in [0.5, 0.6) is 0 Å². The SMILES string of the molecule is CC1CSc2c(Cl)cccc2N1. The van der Waals surface area contributed by atoms with E-state index in [2.05, 4.69) is 18.3 Å². The monoisotopic (exact) mass is 199 g/mol. The van der Waals surface area contributed by atoms with E-state index in [0.29, 0.717) is 6.04 Å². The van der Waals surface area contributed by atoms with E-state index in [4.69, 9.17) is 11.6 Å². The third-order valence-electron chi connectivity index (χ3n) is 1.85. The molecule has 1 heterocycles. The van der Waals surface area contributed by atoms with Crippen molar-refractivity contribution in [2.45, 2.75) is 17.9 Å². The normalized spacial score (nSPS) is 21.3. The van der Waals surface area contributed by atoms with Crippen molar-refractivity contribution in [3.05, 3.63) is 23.2 Å². The van der Waals surface area contributed by atoms with Crippen LogP contribution in [0.1, 0.15) is 6.92 Å². The zero-order chi connectivity index (χ0) is 8.55. The molecular formula is C9H10ClNS. The number of hydrogen-bond donors (Lipinski definition) is 1. The standard InChI is InChI=1S/C9H10ClNS/c1-6-5-12-9-7(10)3-2-4-8(9)11-6/h2-4,6,11H,5H2,1H3. The molecule has 1 nitrogen and oxygen atoms in total. The molecule has 1 aliphatic heterocycles. The molecule has 0 bridgehead atoms. The fraction of sp³-hybridized carbons (Fsp3) is 0.333. The molecule has 0 aliphatic carbocycles. The van der Waals surface area contributed by atoms with Crippen LogP contribution in [0, 0.1) is 0 Å². The smallest absolute Gasteiger partial charge is 0.0562 e. The van der Waals surface area contributed by atoms with Crippen LogP contribution in [0.3, 0.4) is 0 Å². The number of hydrogen-bond acceptors (Lipinski definition) is 2. The molecular weight excluding hydrogens is 190 g/mol. The molecule has 64 valence electrons. The lowest BCUT2D eigenvalue weighted by Crippen LogP contribution is -2.21. The van der Waals surface area contributed by atoms with Gasteiger partial charge in [0, 0.05) is 22.4 Å². The van der Waals surface area contributed by atoms with Crippen molar-refractivity contribution in [3.8, 4) is 0 Å². The van der Waals surface area contributed by atoms with Crippen molar-refractivity contribution in [1.82, 2.24) is 0 Å². The third kappa shape index (κ3) is 1.41. The Balaban J connectivity index is 2.42. The van der Waals surface area contributed by atoms with Gasteiger partial charge in [0.05, 0.1) is 5.02 Å². The lowest BCUT2D eigenvalue weighted by Gasteiger charge is -2.23. The topological polar surface area (TPSA) is 12.0 Å². The first kappa shape index (κ1) is 8.27. The highest BCUT2D eigenvalue weighted by Crippen LogP contribution is 2.38. The largest absolute Gasteiger partial charge is 0.381 e. The Morgan fingerprint density at radius 1 is 1.58 bits per heavy atom. The van der Waals surface area contributed by atoms with Crippen molar-refractivity contribution in [3.63, 3.8) is 0 Å². The first-order valence-corrected chi connectivity index (χ1v) is 5.31. The number of nitrogens with one attached hydrogen (secondary N) is 1. The molecule has 1 aromatic carbocycles. The van der Waals surface area contributed by atoms with E-state index in [1.165, 1.54) is 10.6 Å². The van der Waals surface area contributed by atoms with Crippen LogP contribution in [0.15, 0.2) is 23.1 Å². The number of rotatable bonds is 0. The van der Waals surface area contributed by atoms with Crippen molar-refractivity contribution in [2.24, 2.45) is 0 Å². The summed E-state index contributed by atoms with van der Waals surface area (Å²) in [6, 6.07) is 6.53. The van der Waals surface area contributed by atoms with Gasteiger partial charge in [0.1, 0.15) is 0 Å². The van der Waals surface area contributed by atoms with Gasteiger partial charge in [-0.3, -0.25) is 0 Å². The molecule has 0 saturated carbocycles. The number of benzene rings is 1. The quantitative estimate of drug-likeness (QED) is 0.689. The minimum atomic E-state index is 0.543. The Hall–Kier alpha value is -0.340. The van der Waals surface area contributed by atoms with Crippen LogP contribution in [0.2, 0.25) is 5.02 Å². The zero-order valence-electron chi connectivity index (χ0n) is 6.80. The molecule has 3 heteroatoms. The predicted octanol–water partition coefficient (Wildman–Crippen LogP) is 3.25. The fourth-order valence-corrected chi connectivity index (χ4v) is 2.61. The molecule has 1 aromatic rings. The van der Waals surface area contributed by atoms with Crippen molar-refractivity contribution in [1.29, 1.82) is 0 Å². The lowest BCUT2D eigenvalue weighted by molar-refractivity contribution is 0.895. The van der Waals surface area contributed by atoms with E-state index in [-0.39, 0.29) is 0 Å². The molecule has 0 spiro atoms. The van der Waals surface area contributed by atoms with Crippen LogP contribution in [0.25, 0.3) is 0 Å². The Morgan fingerprint density at radius 2 is 2.42 bits per heavy atom. The third-order valence-corrected chi connectivity index (χ3v) is 3.67. The number of anilines is 1. The molecule has 0 fully saturated rings. The van der Waals surface area contributed by atoms with E-state index in [1.807, 2.05) is 23.9 Å². The van der Waals surface area contributed by atoms with Crippen molar-refractivity contribution >= 4 is 29.1 Å². The Kier molecular flexibility index (Phi) is 2.20. The number of thioether (sulfide) groups is 1. The fourth-order valence-electron chi connectivity index (χ4n) is 1.28. The van der Waals surface area contributed by atoms with Crippen LogP contribution < -0.4 is 5.32 Å².